The van der Waals surface area contributed by atoms with E-state index in [4.69, 9.17) is 4.52 Å². The Morgan fingerprint density at radius 3 is 2.79 bits per heavy atom. The first-order valence-corrected chi connectivity index (χ1v) is 10.5. The van der Waals surface area contributed by atoms with Crippen molar-refractivity contribution in [3.63, 3.8) is 0 Å². The molecule has 1 aromatic heterocycles. The molecule has 1 aromatic carbocycles. The van der Waals surface area contributed by atoms with E-state index in [-0.39, 0.29) is 5.91 Å². The summed E-state index contributed by atoms with van der Waals surface area (Å²) in [7, 11) is 0. The van der Waals surface area contributed by atoms with Gasteiger partial charge in [0, 0.05) is 44.9 Å². The van der Waals surface area contributed by atoms with E-state index < -0.39 is 0 Å². The SMILES string of the molecule is CC(=O)N(CCc1noc(C2CC2)n1)C1CCN(CCCc2ccccc2)C1. The van der Waals surface area contributed by atoms with Gasteiger partial charge in [0.05, 0.1) is 0 Å². The molecule has 1 aliphatic heterocycles. The molecular formula is C22H30N4O2. The van der Waals surface area contributed by atoms with Crippen molar-refractivity contribution in [2.45, 2.75) is 57.4 Å². The Kier molecular flexibility index (Phi) is 6.05. The molecule has 1 saturated heterocycles. The number of aromatic nitrogens is 2. The summed E-state index contributed by atoms with van der Waals surface area (Å²) in [6, 6.07) is 10.9. The number of carbonyl (C=O) groups is 1. The Bertz CT molecular complexity index is 772. The minimum atomic E-state index is 0.141. The molecule has 2 heterocycles. The first kappa shape index (κ1) is 19.1. The third-order valence-electron chi connectivity index (χ3n) is 5.86. The van der Waals surface area contributed by atoms with Crippen LogP contribution in [0.3, 0.4) is 0 Å². The highest BCUT2D eigenvalue weighted by molar-refractivity contribution is 5.73. The summed E-state index contributed by atoms with van der Waals surface area (Å²) < 4.78 is 5.33. The van der Waals surface area contributed by atoms with Crippen molar-refractivity contribution in [1.29, 1.82) is 0 Å². The predicted molar refractivity (Wildman–Crippen MR) is 107 cm³/mol. The maximum absolute atomic E-state index is 12.2. The van der Waals surface area contributed by atoms with Crippen LogP contribution < -0.4 is 0 Å². The zero-order chi connectivity index (χ0) is 19.3. The highest BCUT2D eigenvalue weighted by atomic mass is 16.5. The Labute approximate surface area is 166 Å². The van der Waals surface area contributed by atoms with Gasteiger partial charge < -0.3 is 14.3 Å². The molecule has 6 nitrogen and oxygen atoms in total. The van der Waals surface area contributed by atoms with Crippen molar-refractivity contribution in [1.82, 2.24) is 19.9 Å². The summed E-state index contributed by atoms with van der Waals surface area (Å²) in [5.74, 6) is 2.12. The maximum Gasteiger partial charge on any atom is 0.229 e. The van der Waals surface area contributed by atoms with E-state index in [1.807, 2.05) is 4.90 Å². The van der Waals surface area contributed by atoms with Crippen LogP contribution in [0.2, 0.25) is 0 Å². The van der Waals surface area contributed by atoms with Crippen molar-refractivity contribution >= 4 is 5.91 Å². The Morgan fingerprint density at radius 2 is 2.04 bits per heavy atom. The van der Waals surface area contributed by atoms with Crippen LogP contribution in [-0.4, -0.2) is 58.1 Å². The first-order chi connectivity index (χ1) is 13.7. The fourth-order valence-corrected chi connectivity index (χ4v) is 4.10. The Morgan fingerprint density at radius 1 is 1.21 bits per heavy atom. The van der Waals surface area contributed by atoms with E-state index in [9.17, 15) is 4.79 Å². The molecule has 0 bridgehead atoms. The highest BCUT2D eigenvalue weighted by Crippen LogP contribution is 2.38. The summed E-state index contributed by atoms with van der Waals surface area (Å²) in [5.41, 5.74) is 1.40. The quantitative estimate of drug-likeness (QED) is 0.667. The molecule has 2 aliphatic rings. The van der Waals surface area contributed by atoms with Crippen LogP contribution in [-0.2, 0) is 17.6 Å². The fraction of sp³-hybridized carbons (Fsp3) is 0.591. The standard InChI is InChI=1S/C22H30N4O2/c1-17(27)26(15-12-21-23-22(28-24-21)19-9-10-19)20-11-14-25(16-20)13-5-8-18-6-3-2-4-7-18/h2-4,6-7,19-20H,5,8-16H2,1H3. The second kappa shape index (κ2) is 8.86. The molecule has 1 aliphatic carbocycles. The second-order valence-electron chi connectivity index (χ2n) is 8.12. The van der Waals surface area contributed by atoms with Gasteiger partial charge in [0.15, 0.2) is 5.82 Å². The molecule has 0 spiro atoms. The Balaban J connectivity index is 1.23. The normalized spacial score (nSPS) is 19.8. The number of likely N-dealkylation sites (tertiary alicyclic amines) is 1. The van der Waals surface area contributed by atoms with Crippen molar-refractivity contribution in [2.75, 3.05) is 26.2 Å². The van der Waals surface area contributed by atoms with E-state index in [2.05, 4.69) is 45.4 Å². The number of hydrogen-bond acceptors (Lipinski definition) is 5. The van der Waals surface area contributed by atoms with Gasteiger partial charge in [-0.1, -0.05) is 35.5 Å². The van der Waals surface area contributed by atoms with Crippen LogP contribution in [0, 0.1) is 0 Å². The number of aryl methyl sites for hydroxylation is 1. The molecule has 1 atom stereocenters. The van der Waals surface area contributed by atoms with E-state index in [1.54, 1.807) is 6.92 Å². The number of hydrogen-bond donors (Lipinski definition) is 0. The molecule has 28 heavy (non-hydrogen) atoms. The van der Waals surface area contributed by atoms with Gasteiger partial charge in [0.25, 0.3) is 0 Å². The maximum atomic E-state index is 12.2. The zero-order valence-corrected chi connectivity index (χ0v) is 16.7. The smallest absolute Gasteiger partial charge is 0.229 e. The summed E-state index contributed by atoms with van der Waals surface area (Å²) in [6.07, 6.45) is 6.29. The van der Waals surface area contributed by atoms with Crippen LogP contribution in [0.5, 0.6) is 0 Å². The topological polar surface area (TPSA) is 62.5 Å². The fourth-order valence-electron chi connectivity index (χ4n) is 4.10. The number of nitrogens with zero attached hydrogens (tertiary/aromatic N) is 4. The highest BCUT2D eigenvalue weighted by Gasteiger charge is 2.31. The lowest BCUT2D eigenvalue weighted by Crippen LogP contribution is -2.42. The third kappa shape index (κ3) is 4.98. The molecule has 4 rings (SSSR count). The molecule has 150 valence electrons. The molecular weight excluding hydrogens is 352 g/mol. The number of rotatable bonds is 9. The predicted octanol–water partition coefficient (Wildman–Crippen LogP) is 3.05. The molecule has 2 aromatic rings. The van der Waals surface area contributed by atoms with Gasteiger partial charge in [0.1, 0.15) is 0 Å². The summed E-state index contributed by atoms with van der Waals surface area (Å²) in [4.78, 5) is 21.2. The van der Waals surface area contributed by atoms with Crippen molar-refractivity contribution < 1.29 is 9.32 Å². The van der Waals surface area contributed by atoms with Crippen LogP contribution in [0.25, 0.3) is 0 Å². The minimum Gasteiger partial charge on any atom is -0.339 e. The van der Waals surface area contributed by atoms with Crippen molar-refractivity contribution in [2.24, 2.45) is 0 Å². The Hall–Kier alpha value is -2.21. The first-order valence-electron chi connectivity index (χ1n) is 10.5. The summed E-state index contributed by atoms with van der Waals surface area (Å²) >= 11 is 0. The van der Waals surface area contributed by atoms with Crippen LogP contribution in [0.15, 0.2) is 34.9 Å². The van der Waals surface area contributed by atoms with E-state index in [0.717, 1.165) is 63.5 Å². The lowest BCUT2D eigenvalue weighted by Gasteiger charge is -2.28. The van der Waals surface area contributed by atoms with Gasteiger partial charge in [0.2, 0.25) is 11.8 Å². The van der Waals surface area contributed by atoms with Gasteiger partial charge in [-0.3, -0.25) is 4.79 Å². The van der Waals surface area contributed by atoms with Gasteiger partial charge in [-0.2, -0.15) is 4.98 Å². The molecule has 6 heteroatoms. The van der Waals surface area contributed by atoms with Crippen molar-refractivity contribution in [3.8, 4) is 0 Å². The van der Waals surface area contributed by atoms with Crippen LogP contribution in [0.1, 0.15) is 55.8 Å². The average molecular weight is 383 g/mol. The monoisotopic (exact) mass is 382 g/mol. The third-order valence-corrected chi connectivity index (χ3v) is 5.86. The largest absolute Gasteiger partial charge is 0.339 e. The van der Waals surface area contributed by atoms with Crippen LogP contribution in [0.4, 0.5) is 0 Å². The second-order valence-corrected chi connectivity index (χ2v) is 8.12. The van der Waals surface area contributed by atoms with E-state index >= 15 is 0 Å². The number of benzene rings is 1. The minimum absolute atomic E-state index is 0.141. The molecule has 0 N–H and O–H groups in total. The summed E-state index contributed by atoms with van der Waals surface area (Å²) in [5, 5.41) is 4.09. The van der Waals surface area contributed by atoms with Gasteiger partial charge >= 0.3 is 0 Å². The molecule has 1 saturated carbocycles. The number of amides is 1. The van der Waals surface area contributed by atoms with Gasteiger partial charge in [-0.15, -0.1) is 0 Å². The van der Waals surface area contributed by atoms with Crippen molar-refractivity contribution in [3.05, 3.63) is 47.6 Å². The van der Waals surface area contributed by atoms with Gasteiger partial charge in [-0.25, -0.2) is 0 Å². The lowest BCUT2D eigenvalue weighted by atomic mass is 10.1. The van der Waals surface area contributed by atoms with Crippen LogP contribution >= 0.6 is 0 Å². The summed E-state index contributed by atoms with van der Waals surface area (Å²) in [6.45, 7) is 5.46. The van der Waals surface area contributed by atoms with Gasteiger partial charge in [-0.05, 0) is 44.2 Å². The van der Waals surface area contributed by atoms with E-state index in [0.29, 0.717) is 24.9 Å². The molecule has 0 radical (unpaired) electrons. The lowest BCUT2D eigenvalue weighted by molar-refractivity contribution is -0.130. The number of carbonyl (C=O) groups excluding carboxylic acids is 1. The van der Waals surface area contributed by atoms with E-state index in [1.165, 1.54) is 5.56 Å². The molecule has 1 unspecified atom stereocenters. The molecule has 1 amide bonds. The average Bonchev–Trinajstić information content (AvgIpc) is 3.26. The molecule has 2 fully saturated rings. The zero-order valence-electron chi connectivity index (χ0n) is 16.7.